The zero-order valence-electron chi connectivity index (χ0n) is 8.40. The van der Waals surface area contributed by atoms with Gasteiger partial charge in [-0.3, -0.25) is 4.79 Å². The maximum Gasteiger partial charge on any atom is 0.227 e. The SMILES string of the molecule is O=C([O-])c1ccc(Cl)c(N2CCCC2=O)c1. The summed E-state index contributed by atoms with van der Waals surface area (Å²) in [7, 11) is 0. The molecule has 0 saturated carbocycles. The third-order valence-corrected chi connectivity index (χ3v) is 2.87. The Hall–Kier alpha value is -1.55. The molecular weight excluding hydrogens is 230 g/mol. The fourth-order valence-electron chi connectivity index (χ4n) is 1.75. The third kappa shape index (κ3) is 1.88. The number of nitrogens with zero attached hydrogens (tertiary/aromatic N) is 1. The molecule has 1 heterocycles. The maximum absolute atomic E-state index is 11.5. The number of carboxylic acid groups (broad SMARTS) is 1. The zero-order chi connectivity index (χ0) is 11.7. The molecule has 1 aromatic carbocycles. The number of hydrogen-bond donors (Lipinski definition) is 0. The summed E-state index contributed by atoms with van der Waals surface area (Å²) in [6, 6.07) is 4.20. The monoisotopic (exact) mass is 238 g/mol. The van der Waals surface area contributed by atoms with Gasteiger partial charge in [0.2, 0.25) is 5.91 Å². The number of carbonyl (C=O) groups is 2. The van der Waals surface area contributed by atoms with Crippen molar-refractivity contribution in [2.75, 3.05) is 11.4 Å². The Morgan fingerprint density at radius 2 is 2.19 bits per heavy atom. The Balaban J connectivity index is 2.42. The molecule has 1 saturated heterocycles. The highest BCUT2D eigenvalue weighted by molar-refractivity contribution is 6.34. The van der Waals surface area contributed by atoms with Crippen LogP contribution in [0, 0.1) is 0 Å². The highest BCUT2D eigenvalue weighted by Gasteiger charge is 2.23. The van der Waals surface area contributed by atoms with Crippen molar-refractivity contribution in [1.29, 1.82) is 0 Å². The molecule has 0 aliphatic carbocycles. The average Bonchev–Trinajstić information content (AvgIpc) is 2.65. The van der Waals surface area contributed by atoms with Crippen molar-refractivity contribution in [3.63, 3.8) is 0 Å². The van der Waals surface area contributed by atoms with Gasteiger partial charge in [-0.1, -0.05) is 17.7 Å². The summed E-state index contributed by atoms with van der Waals surface area (Å²) in [6.07, 6.45) is 1.25. The minimum Gasteiger partial charge on any atom is -0.545 e. The first-order chi connectivity index (χ1) is 7.59. The predicted octanol–water partition coefficient (Wildman–Crippen LogP) is 0.830. The lowest BCUT2D eigenvalue weighted by Gasteiger charge is -2.18. The van der Waals surface area contributed by atoms with Crippen LogP contribution < -0.4 is 10.0 Å². The molecule has 16 heavy (non-hydrogen) atoms. The van der Waals surface area contributed by atoms with Crippen LogP contribution >= 0.6 is 11.6 Å². The standard InChI is InChI=1S/C11H10ClNO3/c12-8-4-3-7(11(15)16)6-9(8)13-5-1-2-10(13)14/h3-4,6H,1-2,5H2,(H,15,16)/p-1. The summed E-state index contributed by atoms with van der Waals surface area (Å²) in [5.41, 5.74) is 0.477. The van der Waals surface area contributed by atoms with E-state index in [-0.39, 0.29) is 11.5 Å². The number of halogens is 1. The maximum atomic E-state index is 11.5. The largest absolute Gasteiger partial charge is 0.545 e. The Bertz CT molecular complexity index is 459. The van der Waals surface area contributed by atoms with E-state index in [2.05, 4.69) is 0 Å². The molecule has 1 fully saturated rings. The van der Waals surface area contributed by atoms with Crippen molar-refractivity contribution in [2.24, 2.45) is 0 Å². The first-order valence-corrected chi connectivity index (χ1v) is 5.28. The smallest absolute Gasteiger partial charge is 0.227 e. The number of benzene rings is 1. The molecule has 1 aliphatic rings. The minimum atomic E-state index is -1.27. The van der Waals surface area contributed by atoms with Gasteiger partial charge in [-0.25, -0.2) is 0 Å². The molecule has 84 valence electrons. The van der Waals surface area contributed by atoms with E-state index in [1.165, 1.54) is 23.1 Å². The van der Waals surface area contributed by atoms with E-state index < -0.39 is 5.97 Å². The van der Waals surface area contributed by atoms with Crippen LogP contribution in [0.5, 0.6) is 0 Å². The van der Waals surface area contributed by atoms with Crippen LogP contribution in [-0.2, 0) is 4.79 Å². The predicted molar refractivity (Wildman–Crippen MR) is 57.4 cm³/mol. The molecule has 0 radical (unpaired) electrons. The lowest BCUT2D eigenvalue weighted by molar-refractivity contribution is -0.255. The second kappa shape index (κ2) is 4.14. The van der Waals surface area contributed by atoms with Crippen molar-refractivity contribution < 1.29 is 14.7 Å². The fourth-order valence-corrected chi connectivity index (χ4v) is 1.97. The fraction of sp³-hybridized carbons (Fsp3) is 0.273. The van der Waals surface area contributed by atoms with Crippen LogP contribution in [0.25, 0.3) is 0 Å². The molecule has 1 aromatic rings. The number of rotatable bonds is 2. The number of amides is 1. The van der Waals surface area contributed by atoms with Crippen LogP contribution in [0.3, 0.4) is 0 Å². The number of hydrogen-bond acceptors (Lipinski definition) is 3. The molecular formula is C11H9ClNO3-. The van der Waals surface area contributed by atoms with E-state index in [1.54, 1.807) is 0 Å². The molecule has 5 heteroatoms. The second-order valence-corrected chi connectivity index (χ2v) is 4.01. The first kappa shape index (κ1) is 11.0. The average molecular weight is 239 g/mol. The molecule has 0 bridgehead atoms. The Morgan fingerprint density at radius 1 is 1.44 bits per heavy atom. The zero-order valence-corrected chi connectivity index (χ0v) is 9.16. The van der Waals surface area contributed by atoms with Crippen molar-refractivity contribution in [3.05, 3.63) is 28.8 Å². The van der Waals surface area contributed by atoms with E-state index in [4.69, 9.17) is 11.6 Å². The normalized spacial score (nSPS) is 15.6. The molecule has 0 unspecified atom stereocenters. The number of carbonyl (C=O) groups excluding carboxylic acids is 2. The molecule has 0 aromatic heterocycles. The van der Waals surface area contributed by atoms with Crippen molar-refractivity contribution >= 4 is 29.2 Å². The summed E-state index contributed by atoms with van der Waals surface area (Å²) in [5.74, 6) is -1.30. The van der Waals surface area contributed by atoms with Crippen molar-refractivity contribution in [2.45, 2.75) is 12.8 Å². The van der Waals surface area contributed by atoms with Gasteiger partial charge in [0, 0.05) is 13.0 Å². The van der Waals surface area contributed by atoms with Gasteiger partial charge in [-0.05, 0) is 24.1 Å². The van der Waals surface area contributed by atoms with E-state index in [0.717, 1.165) is 6.42 Å². The van der Waals surface area contributed by atoms with Gasteiger partial charge in [0.15, 0.2) is 0 Å². The van der Waals surface area contributed by atoms with Gasteiger partial charge >= 0.3 is 0 Å². The summed E-state index contributed by atoms with van der Waals surface area (Å²) in [5, 5.41) is 11.1. The third-order valence-electron chi connectivity index (χ3n) is 2.55. The Kier molecular flexibility index (Phi) is 2.83. The van der Waals surface area contributed by atoms with Crippen LogP contribution in [0.1, 0.15) is 23.2 Å². The van der Waals surface area contributed by atoms with Gasteiger partial charge in [0.25, 0.3) is 0 Å². The molecule has 1 aliphatic heterocycles. The summed E-state index contributed by atoms with van der Waals surface area (Å²) < 4.78 is 0. The Morgan fingerprint density at radius 3 is 2.75 bits per heavy atom. The topological polar surface area (TPSA) is 60.4 Å². The number of carboxylic acids is 1. The van der Waals surface area contributed by atoms with Crippen LogP contribution in [0.4, 0.5) is 5.69 Å². The van der Waals surface area contributed by atoms with Crippen molar-refractivity contribution in [3.8, 4) is 0 Å². The van der Waals surface area contributed by atoms with Crippen LogP contribution in [-0.4, -0.2) is 18.4 Å². The van der Waals surface area contributed by atoms with E-state index >= 15 is 0 Å². The quantitative estimate of drug-likeness (QED) is 0.767. The van der Waals surface area contributed by atoms with Gasteiger partial charge in [0.05, 0.1) is 16.7 Å². The second-order valence-electron chi connectivity index (χ2n) is 3.60. The molecule has 1 amide bonds. The molecule has 0 N–H and O–H groups in total. The molecule has 4 nitrogen and oxygen atoms in total. The first-order valence-electron chi connectivity index (χ1n) is 4.91. The highest BCUT2D eigenvalue weighted by Crippen LogP contribution is 2.30. The van der Waals surface area contributed by atoms with Crippen LogP contribution in [0.15, 0.2) is 18.2 Å². The number of aromatic carboxylic acids is 1. The minimum absolute atomic E-state index is 0.0269. The van der Waals surface area contributed by atoms with Crippen molar-refractivity contribution in [1.82, 2.24) is 0 Å². The van der Waals surface area contributed by atoms with E-state index in [9.17, 15) is 14.7 Å². The highest BCUT2D eigenvalue weighted by atomic mass is 35.5. The van der Waals surface area contributed by atoms with E-state index in [0.29, 0.717) is 23.7 Å². The molecule has 2 rings (SSSR count). The molecule has 0 spiro atoms. The summed E-state index contributed by atoms with van der Waals surface area (Å²) in [6.45, 7) is 0.578. The lowest BCUT2D eigenvalue weighted by atomic mass is 10.2. The van der Waals surface area contributed by atoms with Gasteiger partial charge in [-0.2, -0.15) is 0 Å². The molecule has 0 atom stereocenters. The summed E-state index contributed by atoms with van der Waals surface area (Å²) in [4.78, 5) is 23.7. The number of anilines is 1. The van der Waals surface area contributed by atoms with Gasteiger partial charge in [0.1, 0.15) is 0 Å². The van der Waals surface area contributed by atoms with E-state index in [1.807, 2.05) is 0 Å². The summed E-state index contributed by atoms with van der Waals surface area (Å²) >= 11 is 5.94. The van der Waals surface area contributed by atoms with Gasteiger partial charge < -0.3 is 14.8 Å². The van der Waals surface area contributed by atoms with Gasteiger partial charge in [-0.15, -0.1) is 0 Å². The Labute approximate surface area is 97.4 Å². The van der Waals surface area contributed by atoms with Crippen LogP contribution in [0.2, 0.25) is 5.02 Å². The lowest BCUT2D eigenvalue weighted by Crippen LogP contribution is -2.26.